The monoisotopic (exact) mass is 344 g/mol. The van der Waals surface area contributed by atoms with Crippen LogP contribution >= 0.6 is 11.6 Å². The number of carbonyl (C=O) groups excluding carboxylic acids is 1. The lowest BCUT2D eigenvalue weighted by molar-refractivity contribution is -0.229. The molecule has 1 atom stereocenters. The zero-order valence-corrected chi connectivity index (χ0v) is 15.0. The maximum atomic E-state index is 12.7. The van der Waals surface area contributed by atoms with Gasteiger partial charge in [0.2, 0.25) is 0 Å². The maximum Gasteiger partial charge on any atom is 0.256 e. The number of hydrazine groups is 1. The van der Waals surface area contributed by atoms with Crippen LogP contribution in [0.25, 0.3) is 0 Å². The van der Waals surface area contributed by atoms with Gasteiger partial charge in [-0.2, -0.15) is 0 Å². The first-order valence-electron chi connectivity index (χ1n) is 9.44. The van der Waals surface area contributed by atoms with Crippen LogP contribution in [0.2, 0.25) is 5.02 Å². The van der Waals surface area contributed by atoms with Gasteiger partial charge in [-0.05, 0) is 80.4 Å². The van der Waals surface area contributed by atoms with Gasteiger partial charge in [0, 0.05) is 11.6 Å². The van der Waals surface area contributed by atoms with Gasteiger partial charge in [-0.15, -0.1) is 0 Å². The highest BCUT2D eigenvalue weighted by molar-refractivity contribution is 6.30. The first-order chi connectivity index (χ1) is 11.6. The van der Waals surface area contributed by atoms with Gasteiger partial charge in [0.05, 0.1) is 6.04 Å². The van der Waals surface area contributed by atoms with E-state index in [0.29, 0.717) is 11.9 Å². The predicted octanol–water partition coefficient (Wildman–Crippen LogP) is 4.11. The van der Waals surface area contributed by atoms with E-state index < -0.39 is 0 Å². The normalized spacial score (nSPS) is 40.9. The van der Waals surface area contributed by atoms with Gasteiger partial charge >= 0.3 is 0 Å². The molecule has 5 fully saturated rings. The third-order valence-corrected chi connectivity index (χ3v) is 7.28. The van der Waals surface area contributed by atoms with E-state index in [1.165, 1.54) is 37.7 Å². The van der Waals surface area contributed by atoms with E-state index in [2.05, 4.69) is 22.2 Å². The Morgan fingerprint density at radius 3 is 2.17 bits per heavy atom. The van der Waals surface area contributed by atoms with Crippen LogP contribution < -0.4 is 0 Å². The summed E-state index contributed by atoms with van der Waals surface area (Å²) >= 11 is 6.00. The Morgan fingerprint density at radius 1 is 1.00 bits per heavy atom. The smallest absolute Gasteiger partial charge is 0.256 e. The molecule has 0 spiro atoms. The molecule has 1 heterocycles. The van der Waals surface area contributed by atoms with E-state index in [9.17, 15) is 4.79 Å². The SMILES string of the molecule is CC1C(=O)N(C2C3CC4CC(C3)CC2C4)N1Cc1ccc(Cl)cc1. The molecule has 4 saturated carbocycles. The van der Waals surface area contributed by atoms with Crippen molar-refractivity contribution in [2.24, 2.45) is 23.7 Å². The molecule has 1 saturated heterocycles. The molecule has 24 heavy (non-hydrogen) atoms. The standard InChI is InChI=1S/C20H25ClN2O/c1-12-20(24)23(22(12)11-13-2-4-18(21)5-3-13)19-16-7-14-6-15(9-16)10-17(19)8-14/h2-5,12,14-17,19H,6-11H2,1H3. The molecule has 5 aliphatic rings. The summed E-state index contributed by atoms with van der Waals surface area (Å²) in [5.74, 6) is 3.71. The summed E-state index contributed by atoms with van der Waals surface area (Å²) in [5, 5.41) is 5.23. The number of halogens is 1. The maximum absolute atomic E-state index is 12.7. The average Bonchev–Trinajstić information content (AvgIpc) is 2.57. The molecule has 1 unspecified atom stereocenters. The van der Waals surface area contributed by atoms with Crippen LogP contribution in [0.3, 0.4) is 0 Å². The highest BCUT2D eigenvalue weighted by atomic mass is 35.5. The van der Waals surface area contributed by atoms with Crippen LogP contribution in [0.15, 0.2) is 24.3 Å². The minimum atomic E-state index is 0.0119. The highest BCUT2D eigenvalue weighted by Gasteiger charge is 2.56. The summed E-state index contributed by atoms with van der Waals surface area (Å²) in [6, 6.07) is 8.51. The Kier molecular flexibility index (Phi) is 3.47. The molecule has 4 aliphatic carbocycles. The summed E-state index contributed by atoms with van der Waals surface area (Å²) in [6.07, 6.45) is 6.86. The van der Waals surface area contributed by atoms with Gasteiger partial charge < -0.3 is 0 Å². The second-order valence-corrected chi connectivity index (χ2v) is 8.94. The van der Waals surface area contributed by atoms with E-state index in [4.69, 9.17) is 11.6 Å². The van der Waals surface area contributed by atoms with Crippen molar-refractivity contribution in [2.75, 3.05) is 0 Å². The first-order valence-corrected chi connectivity index (χ1v) is 9.82. The summed E-state index contributed by atoms with van der Waals surface area (Å²) in [6.45, 7) is 2.86. The van der Waals surface area contributed by atoms with Crippen molar-refractivity contribution in [3.8, 4) is 0 Å². The number of carbonyl (C=O) groups is 1. The van der Waals surface area contributed by atoms with Crippen molar-refractivity contribution in [1.29, 1.82) is 0 Å². The fourth-order valence-electron chi connectivity index (χ4n) is 6.18. The van der Waals surface area contributed by atoms with Crippen LogP contribution in [0.5, 0.6) is 0 Å². The van der Waals surface area contributed by atoms with Crippen LogP contribution in [0, 0.1) is 23.7 Å². The zero-order valence-electron chi connectivity index (χ0n) is 14.2. The molecular weight excluding hydrogens is 320 g/mol. The number of benzene rings is 1. The Morgan fingerprint density at radius 2 is 1.58 bits per heavy atom. The lowest BCUT2D eigenvalue weighted by Gasteiger charge is -2.62. The van der Waals surface area contributed by atoms with Crippen molar-refractivity contribution in [3.05, 3.63) is 34.9 Å². The molecule has 0 aromatic heterocycles. The van der Waals surface area contributed by atoms with Crippen LogP contribution in [-0.2, 0) is 11.3 Å². The second kappa shape index (κ2) is 5.47. The third-order valence-electron chi connectivity index (χ3n) is 7.02. The van der Waals surface area contributed by atoms with Gasteiger partial charge in [0.15, 0.2) is 0 Å². The Labute approximate surface area is 148 Å². The topological polar surface area (TPSA) is 23.6 Å². The van der Waals surface area contributed by atoms with Gasteiger partial charge in [-0.1, -0.05) is 23.7 Å². The minimum absolute atomic E-state index is 0.0119. The third kappa shape index (κ3) is 2.24. The molecule has 6 rings (SSSR count). The minimum Gasteiger partial charge on any atom is -0.272 e. The molecule has 1 aromatic carbocycles. The molecular formula is C20H25ClN2O. The van der Waals surface area contributed by atoms with E-state index in [-0.39, 0.29) is 6.04 Å². The molecule has 4 heteroatoms. The molecule has 1 aromatic rings. The fraction of sp³-hybridized carbons (Fsp3) is 0.650. The summed E-state index contributed by atoms with van der Waals surface area (Å²) < 4.78 is 0. The van der Waals surface area contributed by atoms with E-state index in [1.807, 2.05) is 19.1 Å². The zero-order chi connectivity index (χ0) is 16.4. The van der Waals surface area contributed by atoms with Crippen molar-refractivity contribution in [1.82, 2.24) is 10.0 Å². The molecule has 1 amide bonds. The Hall–Kier alpha value is -1.06. The summed E-state index contributed by atoms with van der Waals surface area (Å²) in [7, 11) is 0. The first kappa shape index (κ1) is 15.2. The van der Waals surface area contributed by atoms with E-state index >= 15 is 0 Å². The molecule has 1 aliphatic heterocycles. The average molecular weight is 345 g/mol. The van der Waals surface area contributed by atoms with Crippen LogP contribution in [0.1, 0.15) is 44.6 Å². The Bertz CT molecular complexity index is 630. The molecule has 128 valence electrons. The largest absolute Gasteiger partial charge is 0.272 e. The summed E-state index contributed by atoms with van der Waals surface area (Å²) in [4.78, 5) is 12.7. The summed E-state index contributed by atoms with van der Waals surface area (Å²) in [5.41, 5.74) is 1.23. The Balaban J connectivity index is 1.38. The molecule has 3 nitrogen and oxygen atoms in total. The van der Waals surface area contributed by atoms with E-state index in [1.54, 1.807) is 0 Å². The predicted molar refractivity (Wildman–Crippen MR) is 94.1 cm³/mol. The number of nitrogens with zero attached hydrogens (tertiary/aromatic N) is 2. The second-order valence-electron chi connectivity index (χ2n) is 8.50. The quantitative estimate of drug-likeness (QED) is 0.823. The van der Waals surface area contributed by atoms with Gasteiger partial charge in [-0.3, -0.25) is 9.80 Å². The van der Waals surface area contributed by atoms with Crippen LogP contribution in [-0.4, -0.2) is 28.0 Å². The lowest BCUT2D eigenvalue weighted by atomic mass is 9.54. The van der Waals surface area contributed by atoms with Crippen molar-refractivity contribution >= 4 is 17.5 Å². The van der Waals surface area contributed by atoms with Crippen molar-refractivity contribution in [2.45, 2.75) is 57.7 Å². The molecule has 4 bridgehead atoms. The molecule has 0 N–H and O–H groups in total. The van der Waals surface area contributed by atoms with Crippen molar-refractivity contribution < 1.29 is 4.79 Å². The van der Waals surface area contributed by atoms with E-state index in [0.717, 1.165) is 35.2 Å². The lowest BCUT2D eigenvalue weighted by Crippen LogP contribution is -2.73. The number of hydrogen-bond donors (Lipinski definition) is 0. The van der Waals surface area contributed by atoms with Gasteiger partial charge in [0.25, 0.3) is 5.91 Å². The van der Waals surface area contributed by atoms with Gasteiger partial charge in [0.1, 0.15) is 6.04 Å². The fourth-order valence-corrected chi connectivity index (χ4v) is 6.31. The number of rotatable bonds is 3. The molecule has 0 radical (unpaired) electrons. The highest BCUT2D eigenvalue weighted by Crippen LogP contribution is 2.56. The van der Waals surface area contributed by atoms with Crippen LogP contribution in [0.4, 0.5) is 0 Å². The van der Waals surface area contributed by atoms with Gasteiger partial charge in [-0.25, -0.2) is 5.01 Å². The number of hydrogen-bond acceptors (Lipinski definition) is 2. The number of amides is 1. The van der Waals surface area contributed by atoms with Crippen molar-refractivity contribution in [3.63, 3.8) is 0 Å².